The van der Waals surface area contributed by atoms with E-state index in [1.54, 1.807) is 12.1 Å². The molecule has 144 valence electrons. The summed E-state index contributed by atoms with van der Waals surface area (Å²) in [7, 11) is 0. The third-order valence-corrected chi connectivity index (χ3v) is 4.45. The number of rotatable bonds is 4. The largest absolute Gasteiger partial charge is 0.423 e. The van der Waals surface area contributed by atoms with Crippen LogP contribution in [0.3, 0.4) is 0 Å². The van der Waals surface area contributed by atoms with E-state index in [4.69, 9.17) is 10.00 Å². The number of nitriles is 1. The average molecular weight is 377 g/mol. The Morgan fingerprint density at radius 1 is 1.04 bits per heavy atom. The molecular formula is C24H24FNO2. The first-order valence-corrected chi connectivity index (χ1v) is 9.53. The van der Waals surface area contributed by atoms with Crippen molar-refractivity contribution in [2.75, 3.05) is 0 Å². The van der Waals surface area contributed by atoms with Crippen LogP contribution in [0.25, 0.3) is 10.8 Å². The van der Waals surface area contributed by atoms with E-state index < -0.39 is 11.8 Å². The van der Waals surface area contributed by atoms with Crippen LogP contribution in [0.4, 0.5) is 4.39 Å². The molecule has 28 heavy (non-hydrogen) atoms. The van der Waals surface area contributed by atoms with Crippen molar-refractivity contribution >= 4 is 16.7 Å². The maximum Gasteiger partial charge on any atom is 0.343 e. The van der Waals surface area contributed by atoms with Gasteiger partial charge in [-0.25, -0.2) is 9.18 Å². The molecule has 4 heteroatoms. The van der Waals surface area contributed by atoms with E-state index >= 15 is 0 Å². The van der Waals surface area contributed by atoms with Crippen LogP contribution >= 0.6 is 0 Å². The molecule has 0 aliphatic heterocycles. The Balaban J connectivity index is 0.00000136. The molecule has 0 bridgehead atoms. The van der Waals surface area contributed by atoms with Crippen LogP contribution in [0.5, 0.6) is 5.75 Å². The molecule has 0 aromatic heterocycles. The molecule has 0 atom stereocenters. The van der Waals surface area contributed by atoms with Gasteiger partial charge in [0.15, 0.2) is 0 Å². The topological polar surface area (TPSA) is 50.1 Å². The number of benzene rings is 3. The Labute approximate surface area is 165 Å². The fourth-order valence-electron chi connectivity index (χ4n) is 3.05. The summed E-state index contributed by atoms with van der Waals surface area (Å²) in [4.78, 5) is 12.6. The van der Waals surface area contributed by atoms with E-state index in [-0.39, 0.29) is 11.3 Å². The Kier molecular flexibility index (Phi) is 7.28. The molecular weight excluding hydrogens is 353 g/mol. The summed E-state index contributed by atoms with van der Waals surface area (Å²) >= 11 is 0. The lowest BCUT2D eigenvalue weighted by atomic mass is 9.95. The van der Waals surface area contributed by atoms with Crippen molar-refractivity contribution in [3.05, 3.63) is 76.6 Å². The molecule has 0 spiro atoms. The van der Waals surface area contributed by atoms with E-state index in [2.05, 4.69) is 19.1 Å². The van der Waals surface area contributed by atoms with Crippen molar-refractivity contribution in [2.45, 2.75) is 40.5 Å². The van der Waals surface area contributed by atoms with Crippen LogP contribution in [0.1, 0.15) is 54.7 Å². The zero-order valence-corrected chi connectivity index (χ0v) is 16.7. The van der Waals surface area contributed by atoms with Gasteiger partial charge in [-0.15, -0.1) is 0 Å². The zero-order valence-electron chi connectivity index (χ0n) is 16.7. The molecule has 0 saturated carbocycles. The summed E-state index contributed by atoms with van der Waals surface area (Å²) in [5, 5.41) is 10.9. The van der Waals surface area contributed by atoms with Crippen LogP contribution in [0.2, 0.25) is 0 Å². The Morgan fingerprint density at radius 3 is 2.39 bits per heavy atom. The minimum absolute atomic E-state index is 0.0787. The summed E-state index contributed by atoms with van der Waals surface area (Å²) in [6.45, 7) is 8.09. The Bertz CT molecular complexity index is 1030. The van der Waals surface area contributed by atoms with Crippen molar-refractivity contribution in [3.63, 3.8) is 0 Å². The molecule has 0 radical (unpaired) electrons. The second-order valence-electron chi connectivity index (χ2n) is 6.00. The molecule has 0 aliphatic rings. The third kappa shape index (κ3) is 4.37. The quantitative estimate of drug-likeness (QED) is 0.400. The van der Waals surface area contributed by atoms with Gasteiger partial charge in [0.05, 0.1) is 11.1 Å². The van der Waals surface area contributed by atoms with Crippen molar-refractivity contribution in [1.29, 1.82) is 5.26 Å². The second kappa shape index (κ2) is 9.66. The number of ether oxygens (including phenoxy) is 1. The maximum atomic E-state index is 13.7. The van der Waals surface area contributed by atoms with Gasteiger partial charge < -0.3 is 4.74 Å². The first kappa shape index (κ1) is 21.1. The number of carbonyl (C=O) groups excluding carboxylic acids is 1. The predicted octanol–water partition coefficient (Wildman–Crippen LogP) is 6.22. The molecule has 0 heterocycles. The number of fused-ring (bicyclic) bond motifs is 1. The van der Waals surface area contributed by atoms with Crippen LogP contribution in [0.15, 0.2) is 48.5 Å². The molecule has 0 amide bonds. The zero-order chi connectivity index (χ0) is 20.7. The fraction of sp³-hybridized carbons (Fsp3) is 0.250. The van der Waals surface area contributed by atoms with Crippen molar-refractivity contribution in [3.8, 4) is 11.8 Å². The number of esters is 1. The summed E-state index contributed by atoms with van der Waals surface area (Å²) in [5.74, 6) is -1.17. The predicted molar refractivity (Wildman–Crippen MR) is 110 cm³/mol. The van der Waals surface area contributed by atoms with E-state index in [0.717, 1.165) is 28.8 Å². The van der Waals surface area contributed by atoms with Gasteiger partial charge in [0, 0.05) is 6.07 Å². The lowest BCUT2D eigenvalue weighted by molar-refractivity contribution is 0.0733. The summed E-state index contributed by atoms with van der Waals surface area (Å²) in [6.07, 6.45) is 1.63. The van der Waals surface area contributed by atoms with E-state index in [0.29, 0.717) is 12.0 Å². The summed E-state index contributed by atoms with van der Waals surface area (Å²) in [5.41, 5.74) is 2.53. The van der Waals surface area contributed by atoms with Crippen LogP contribution in [0, 0.1) is 17.1 Å². The molecule has 0 fully saturated rings. The maximum absolute atomic E-state index is 13.7. The third-order valence-electron chi connectivity index (χ3n) is 4.45. The minimum atomic E-state index is -0.709. The molecule has 3 aromatic rings. The fourth-order valence-corrected chi connectivity index (χ4v) is 3.05. The number of hydrogen-bond donors (Lipinski definition) is 0. The van der Waals surface area contributed by atoms with Gasteiger partial charge in [0.25, 0.3) is 0 Å². The van der Waals surface area contributed by atoms with Crippen molar-refractivity contribution in [2.24, 2.45) is 0 Å². The number of nitrogens with zero attached hydrogens (tertiary/aromatic N) is 1. The van der Waals surface area contributed by atoms with Gasteiger partial charge in [-0.1, -0.05) is 52.0 Å². The molecule has 0 aliphatic carbocycles. The van der Waals surface area contributed by atoms with Crippen LogP contribution in [-0.4, -0.2) is 5.97 Å². The van der Waals surface area contributed by atoms with Crippen molar-refractivity contribution in [1.82, 2.24) is 0 Å². The van der Waals surface area contributed by atoms with Crippen LogP contribution in [-0.2, 0) is 12.8 Å². The average Bonchev–Trinajstić information content (AvgIpc) is 2.73. The molecule has 0 N–H and O–H groups in total. The van der Waals surface area contributed by atoms with Gasteiger partial charge in [0.2, 0.25) is 0 Å². The first-order valence-electron chi connectivity index (χ1n) is 9.53. The standard InChI is InChI=1S/C22H18FNO2.C2H6/c1-3-14-5-9-19-15(11-14)7-10-20(18(19)4-2)22(25)26-17-8-6-16(13-24)21(23)12-17;1-2/h5-12H,3-4H2,1-2H3;1-2H3. The Hall–Kier alpha value is -3.19. The summed E-state index contributed by atoms with van der Waals surface area (Å²) < 4.78 is 19.0. The molecule has 3 rings (SSSR count). The lowest BCUT2D eigenvalue weighted by Crippen LogP contribution is -2.12. The first-order chi connectivity index (χ1) is 13.6. The monoisotopic (exact) mass is 377 g/mol. The Morgan fingerprint density at radius 2 is 1.79 bits per heavy atom. The minimum Gasteiger partial charge on any atom is -0.423 e. The highest BCUT2D eigenvalue weighted by molar-refractivity contribution is 5.99. The van der Waals surface area contributed by atoms with Gasteiger partial charge >= 0.3 is 5.97 Å². The number of aryl methyl sites for hydroxylation is 2. The highest BCUT2D eigenvalue weighted by atomic mass is 19.1. The van der Waals surface area contributed by atoms with E-state index in [1.807, 2.05) is 32.9 Å². The van der Waals surface area contributed by atoms with Gasteiger partial charge in [0.1, 0.15) is 17.6 Å². The summed E-state index contributed by atoms with van der Waals surface area (Å²) in [6, 6.07) is 15.4. The van der Waals surface area contributed by atoms with E-state index in [9.17, 15) is 9.18 Å². The SMILES string of the molecule is CC.CCc1ccc2c(CC)c(C(=O)Oc3ccc(C#N)c(F)c3)ccc2c1. The highest BCUT2D eigenvalue weighted by Crippen LogP contribution is 2.26. The molecule has 3 nitrogen and oxygen atoms in total. The van der Waals surface area contributed by atoms with Gasteiger partial charge in [-0.05, 0) is 52.9 Å². The smallest absolute Gasteiger partial charge is 0.343 e. The normalized spacial score (nSPS) is 10.0. The van der Waals surface area contributed by atoms with Gasteiger partial charge in [-0.3, -0.25) is 0 Å². The highest BCUT2D eigenvalue weighted by Gasteiger charge is 2.16. The number of carbonyl (C=O) groups is 1. The molecule has 0 unspecified atom stereocenters. The lowest BCUT2D eigenvalue weighted by Gasteiger charge is -2.12. The van der Waals surface area contributed by atoms with Gasteiger partial charge in [-0.2, -0.15) is 5.26 Å². The molecule has 3 aromatic carbocycles. The molecule has 0 saturated heterocycles. The second-order valence-corrected chi connectivity index (χ2v) is 6.00. The number of hydrogen-bond acceptors (Lipinski definition) is 3. The van der Waals surface area contributed by atoms with Crippen LogP contribution < -0.4 is 4.74 Å². The van der Waals surface area contributed by atoms with E-state index in [1.165, 1.54) is 17.7 Å². The van der Waals surface area contributed by atoms with Crippen molar-refractivity contribution < 1.29 is 13.9 Å². The number of halogens is 1.